The second-order valence-electron chi connectivity index (χ2n) is 5.46. The fraction of sp³-hybridized carbons (Fsp3) is 0.278. The highest BCUT2D eigenvalue weighted by molar-refractivity contribution is 5.77. The van der Waals surface area contributed by atoms with Crippen LogP contribution in [0.3, 0.4) is 0 Å². The second kappa shape index (κ2) is 5.12. The Balaban J connectivity index is 1.78. The zero-order valence-corrected chi connectivity index (χ0v) is 11.8. The zero-order chi connectivity index (χ0) is 14.1. The molecule has 2 aromatic rings. The van der Waals surface area contributed by atoms with Gasteiger partial charge in [-0.1, -0.05) is 54.1 Å². The van der Waals surface area contributed by atoms with Gasteiger partial charge >= 0.3 is 5.97 Å². The van der Waals surface area contributed by atoms with E-state index >= 15 is 0 Å². The van der Waals surface area contributed by atoms with E-state index in [9.17, 15) is 4.79 Å². The van der Waals surface area contributed by atoms with Gasteiger partial charge in [-0.25, -0.2) is 0 Å². The number of benzene rings is 2. The Morgan fingerprint density at radius 3 is 2.50 bits per heavy atom. The highest BCUT2D eigenvalue weighted by Gasteiger charge is 2.44. The minimum atomic E-state index is -0.0854. The fourth-order valence-electron chi connectivity index (χ4n) is 2.72. The predicted molar refractivity (Wildman–Crippen MR) is 79.5 cm³/mol. The number of hydrogen-bond donors (Lipinski definition) is 0. The van der Waals surface area contributed by atoms with E-state index in [0.717, 1.165) is 6.42 Å². The molecule has 3 rings (SSSR count). The zero-order valence-electron chi connectivity index (χ0n) is 11.8. The van der Waals surface area contributed by atoms with Crippen molar-refractivity contribution in [2.75, 3.05) is 7.11 Å². The number of carbonyl (C=O) groups is 1. The minimum absolute atomic E-state index is 0.0600. The van der Waals surface area contributed by atoms with Gasteiger partial charge in [0.2, 0.25) is 0 Å². The van der Waals surface area contributed by atoms with Crippen molar-refractivity contribution >= 4 is 5.97 Å². The molecule has 1 fully saturated rings. The van der Waals surface area contributed by atoms with E-state index in [1.807, 2.05) is 0 Å². The van der Waals surface area contributed by atoms with Crippen LogP contribution in [-0.2, 0) is 9.53 Å². The average molecular weight is 266 g/mol. The van der Waals surface area contributed by atoms with Gasteiger partial charge in [-0.05, 0) is 36.0 Å². The molecule has 2 nitrogen and oxygen atoms in total. The fourth-order valence-corrected chi connectivity index (χ4v) is 2.72. The molecule has 0 aliphatic heterocycles. The molecule has 0 amide bonds. The third-order valence-corrected chi connectivity index (χ3v) is 3.98. The maximum Gasteiger partial charge on any atom is 0.309 e. The first-order chi connectivity index (χ1) is 9.69. The van der Waals surface area contributed by atoms with Crippen LogP contribution in [0.2, 0.25) is 0 Å². The number of hydrogen-bond acceptors (Lipinski definition) is 2. The molecule has 1 aliphatic carbocycles. The van der Waals surface area contributed by atoms with E-state index in [0.29, 0.717) is 5.92 Å². The lowest BCUT2D eigenvalue weighted by atomic mass is 10.0. The van der Waals surface area contributed by atoms with Crippen molar-refractivity contribution in [1.29, 1.82) is 0 Å². The molecule has 0 spiro atoms. The van der Waals surface area contributed by atoms with E-state index in [4.69, 9.17) is 4.74 Å². The van der Waals surface area contributed by atoms with Crippen LogP contribution in [-0.4, -0.2) is 13.1 Å². The lowest BCUT2D eigenvalue weighted by molar-refractivity contribution is -0.142. The maximum absolute atomic E-state index is 11.5. The summed E-state index contributed by atoms with van der Waals surface area (Å²) in [6.45, 7) is 2.10. The molecular weight excluding hydrogens is 248 g/mol. The predicted octanol–water partition coefficient (Wildman–Crippen LogP) is 3.94. The molecule has 0 heterocycles. The van der Waals surface area contributed by atoms with Gasteiger partial charge in [0, 0.05) is 0 Å². The van der Waals surface area contributed by atoms with Gasteiger partial charge in [0.15, 0.2) is 0 Å². The lowest BCUT2D eigenvalue weighted by Gasteiger charge is -2.05. The molecule has 0 N–H and O–H groups in total. The van der Waals surface area contributed by atoms with Crippen molar-refractivity contribution in [1.82, 2.24) is 0 Å². The van der Waals surface area contributed by atoms with E-state index in [2.05, 4.69) is 55.5 Å². The molecule has 0 radical (unpaired) electrons. The molecule has 2 atom stereocenters. The van der Waals surface area contributed by atoms with Crippen LogP contribution in [0.25, 0.3) is 11.1 Å². The molecule has 2 unspecified atom stereocenters. The van der Waals surface area contributed by atoms with Gasteiger partial charge in [-0.3, -0.25) is 4.79 Å². The van der Waals surface area contributed by atoms with Crippen molar-refractivity contribution in [2.45, 2.75) is 19.3 Å². The van der Waals surface area contributed by atoms with Crippen LogP contribution < -0.4 is 0 Å². The first-order valence-corrected chi connectivity index (χ1v) is 6.94. The summed E-state index contributed by atoms with van der Waals surface area (Å²) >= 11 is 0. The monoisotopic (exact) mass is 266 g/mol. The van der Waals surface area contributed by atoms with Crippen LogP contribution in [0.5, 0.6) is 0 Å². The van der Waals surface area contributed by atoms with Gasteiger partial charge in [0.05, 0.1) is 13.0 Å². The topological polar surface area (TPSA) is 26.3 Å². The van der Waals surface area contributed by atoms with Gasteiger partial charge in [-0.2, -0.15) is 0 Å². The third kappa shape index (κ3) is 2.46. The van der Waals surface area contributed by atoms with Crippen molar-refractivity contribution in [3.05, 3.63) is 59.7 Å². The first kappa shape index (κ1) is 12.9. The van der Waals surface area contributed by atoms with E-state index in [-0.39, 0.29) is 11.9 Å². The maximum atomic E-state index is 11.5. The molecule has 102 valence electrons. The van der Waals surface area contributed by atoms with Gasteiger partial charge in [-0.15, -0.1) is 0 Å². The Morgan fingerprint density at radius 2 is 1.85 bits per heavy atom. The number of esters is 1. The summed E-state index contributed by atoms with van der Waals surface area (Å²) in [5.41, 5.74) is 4.95. The van der Waals surface area contributed by atoms with Gasteiger partial charge < -0.3 is 4.74 Å². The van der Waals surface area contributed by atoms with Crippen LogP contribution in [0.4, 0.5) is 0 Å². The van der Waals surface area contributed by atoms with Crippen LogP contribution in [0.15, 0.2) is 48.5 Å². The van der Waals surface area contributed by atoms with Crippen molar-refractivity contribution in [2.24, 2.45) is 5.92 Å². The number of methoxy groups -OCH3 is 1. The standard InChI is InChI=1S/C18H18O2/c1-12-4-3-5-15(10-12)13-6-8-14(9-7-13)16-11-17(16)18(19)20-2/h3-10,16-17H,11H2,1-2H3. The van der Waals surface area contributed by atoms with E-state index in [1.165, 1.54) is 29.4 Å². The SMILES string of the molecule is COC(=O)C1CC1c1ccc(-c2cccc(C)c2)cc1. The van der Waals surface area contributed by atoms with Gasteiger partial charge in [0.25, 0.3) is 0 Å². The molecule has 2 heteroatoms. The normalized spacial score (nSPS) is 20.5. The summed E-state index contributed by atoms with van der Waals surface area (Å²) in [7, 11) is 1.46. The van der Waals surface area contributed by atoms with E-state index < -0.39 is 0 Å². The Morgan fingerprint density at radius 1 is 1.10 bits per heavy atom. The summed E-state index contributed by atoms with van der Waals surface area (Å²) in [5.74, 6) is 0.316. The molecular formula is C18H18O2. The summed E-state index contributed by atoms with van der Waals surface area (Å²) in [6.07, 6.45) is 0.913. The lowest BCUT2D eigenvalue weighted by Crippen LogP contribution is -2.03. The summed E-state index contributed by atoms with van der Waals surface area (Å²) < 4.78 is 4.79. The smallest absolute Gasteiger partial charge is 0.309 e. The van der Waals surface area contributed by atoms with Gasteiger partial charge in [0.1, 0.15) is 0 Å². The number of rotatable bonds is 3. The molecule has 0 aromatic heterocycles. The van der Waals surface area contributed by atoms with Crippen molar-refractivity contribution in [3.8, 4) is 11.1 Å². The van der Waals surface area contributed by atoms with Crippen LogP contribution >= 0.6 is 0 Å². The number of aryl methyl sites for hydroxylation is 1. The molecule has 2 aromatic carbocycles. The van der Waals surface area contributed by atoms with E-state index in [1.54, 1.807) is 0 Å². The largest absolute Gasteiger partial charge is 0.469 e. The highest BCUT2D eigenvalue weighted by Crippen LogP contribution is 2.48. The Bertz CT molecular complexity index is 628. The summed E-state index contributed by atoms with van der Waals surface area (Å²) in [6, 6.07) is 17.0. The van der Waals surface area contributed by atoms with Crippen LogP contribution in [0.1, 0.15) is 23.5 Å². The average Bonchev–Trinajstić information content (AvgIpc) is 3.27. The van der Waals surface area contributed by atoms with Crippen molar-refractivity contribution in [3.63, 3.8) is 0 Å². The molecule has 0 bridgehead atoms. The molecule has 1 saturated carbocycles. The first-order valence-electron chi connectivity index (χ1n) is 6.94. The molecule has 1 aliphatic rings. The Hall–Kier alpha value is -2.09. The van der Waals surface area contributed by atoms with Crippen molar-refractivity contribution < 1.29 is 9.53 Å². The Kier molecular flexibility index (Phi) is 3.31. The molecule has 0 saturated heterocycles. The third-order valence-electron chi connectivity index (χ3n) is 3.98. The van der Waals surface area contributed by atoms with Crippen LogP contribution in [0, 0.1) is 12.8 Å². The minimum Gasteiger partial charge on any atom is -0.469 e. The number of ether oxygens (including phenoxy) is 1. The quantitative estimate of drug-likeness (QED) is 0.787. The molecule has 20 heavy (non-hydrogen) atoms. The number of carbonyl (C=O) groups excluding carboxylic acids is 1. The summed E-state index contributed by atoms with van der Waals surface area (Å²) in [5, 5.41) is 0. The Labute approximate surface area is 119 Å². The summed E-state index contributed by atoms with van der Waals surface area (Å²) in [4.78, 5) is 11.5. The second-order valence-corrected chi connectivity index (χ2v) is 5.46. The highest BCUT2D eigenvalue weighted by atomic mass is 16.5.